The van der Waals surface area contributed by atoms with Crippen LogP contribution in [-0.4, -0.2) is 21.4 Å². The summed E-state index contributed by atoms with van der Waals surface area (Å²) in [5.41, 5.74) is 1.95. The molecule has 3 rings (SSSR count). The number of benzene rings is 1. The van der Waals surface area contributed by atoms with Gasteiger partial charge in [0.2, 0.25) is 0 Å². The van der Waals surface area contributed by atoms with Gasteiger partial charge in [0.1, 0.15) is 5.82 Å². The Morgan fingerprint density at radius 3 is 2.72 bits per heavy atom. The molecule has 1 amide bonds. The number of carbonyl (C=O) groups excluding carboxylic acids is 1. The molecular formula is C17H19F2N3OS2. The summed E-state index contributed by atoms with van der Waals surface area (Å²) in [6.07, 6.45) is 0. The molecule has 1 aliphatic rings. The molecular weight excluding hydrogens is 364 g/mol. The van der Waals surface area contributed by atoms with Gasteiger partial charge in [-0.2, -0.15) is 25.6 Å². The maximum atomic E-state index is 12.8. The molecule has 2 aromatic rings. The number of hydrogen-bond donors (Lipinski definition) is 1. The topological polar surface area (TPSA) is 46.9 Å². The number of fused-ring (bicyclic) bond motifs is 1. The molecule has 1 aromatic heterocycles. The smallest absolute Gasteiger partial charge is 0.288 e. The van der Waals surface area contributed by atoms with Crippen LogP contribution in [0.3, 0.4) is 0 Å². The van der Waals surface area contributed by atoms with E-state index in [9.17, 15) is 13.6 Å². The molecule has 1 aliphatic heterocycles. The summed E-state index contributed by atoms with van der Waals surface area (Å²) in [4.78, 5) is 13.0. The SMILES string of the molecule is CC(C)(C)n1nc2c(c1NC(=O)c1ccccc1SC(F)F)CSC2. The molecule has 2 heterocycles. The Hall–Kier alpha value is -1.54. The Balaban J connectivity index is 1.95. The summed E-state index contributed by atoms with van der Waals surface area (Å²) in [6, 6.07) is 6.42. The number of amides is 1. The van der Waals surface area contributed by atoms with Gasteiger partial charge in [0.05, 0.1) is 16.8 Å². The minimum Gasteiger partial charge on any atom is -0.306 e. The lowest BCUT2D eigenvalue weighted by atomic mass is 10.1. The first kappa shape index (κ1) is 18.3. The normalized spacial score (nSPS) is 14.0. The lowest BCUT2D eigenvalue weighted by Crippen LogP contribution is -2.27. The van der Waals surface area contributed by atoms with Crippen molar-refractivity contribution in [1.82, 2.24) is 9.78 Å². The third-order valence-electron chi connectivity index (χ3n) is 3.77. The van der Waals surface area contributed by atoms with Gasteiger partial charge in [0.15, 0.2) is 0 Å². The minimum absolute atomic E-state index is 0.244. The molecule has 0 saturated carbocycles. The van der Waals surface area contributed by atoms with Crippen LogP contribution < -0.4 is 5.32 Å². The van der Waals surface area contributed by atoms with Gasteiger partial charge in [-0.3, -0.25) is 4.79 Å². The molecule has 1 aromatic carbocycles. The van der Waals surface area contributed by atoms with E-state index in [1.807, 2.05) is 25.5 Å². The van der Waals surface area contributed by atoms with Gasteiger partial charge in [-0.25, -0.2) is 4.68 Å². The van der Waals surface area contributed by atoms with E-state index in [-0.39, 0.29) is 16.0 Å². The van der Waals surface area contributed by atoms with Crippen LogP contribution >= 0.6 is 23.5 Å². The van der Waals surface area contributed by atoms with Crippen molar-refractivity contribution in [2.45, 2.75) is 48.5 Å². The highest BCUT2D eigenvalue weighted by molar-refractivity contribution is 7.99. The molecule has 8 heteroatoms. The number of alkyl halides is 2. The number of nitrogens with one attached hydrogen (secondary N) is 1. The van der Waals surface area contributed by atoms with Crippen molar-refractivity contribution in [3.05, 3.63) is 41.1 Å². The van der Waals surface area contributed by atoms with Gasteiger partial charge >= 0.3 is 0 Å². The van der Waals surface area contributed by atoms with Crippen molar-refractivity contribution < 1.29 is 13.6 Å². The zero-order valence-corrected chi connectivity index (χ0v) is 15.8. The molecule has 0 spiro atoms. The van der Waals surface area contributed by atoms with Crippen molar-refractivity contribution in [2.75, 3.05) is 5.32 Å². The molecule has 0 aliphatic carbocycles. The minimum atomic E-state index is -2.57. The van der Waals surface area contributed by atoms with Crippen LogP contribution in [0.4, 0.5) is 14.6 Å². The van der Waals surface area contributed by atoms with Gasteiger partial charge < -0.3 is 5.32 Å². The highest BCUT2D eigenvalue weighted by Gasteiger charge is 2.29. The van der Waals surface area contributed by atoms with Crippen LogP contribution in [0, 0.1) is 0 Å². The first-order chi connectivity index (χ1) is 11.8. The van der Waals surface area contributed by atoms with Gasteiger partial charge in [-0.15, -0.1) is 0 Å². The lowest BCUT2D eigenvalue weighted by Gasteiger charge is -2.23. The second-order valence-corrected chi connectivity index (χ2v) is 8.70. The predicted octanol–water partition coefficient (Wildman–Crippen LogP) is 4.95. The van der Waals surface area contributed by atoms with Crippen LogP contribution in [0.25, 0.3) is 0 Å². The summed E-state index contributed by atoms with van der Waals surface area (Å²) in [6.45, 7) is 6.04. The molecule has 0 fully saturated rings. The summed E-state index contributed by atoms with van der Waals surface area (Å²) < 4.78 is 27.3. The summed E-state index contributed by atoms with van der Waals surface area (Å²) >= 11 is 2.13. The molecule has 134 valence electrons. The number of carbonyl (C=O) groups is 1. The number of halogens is 2. The summed E-state index contributed by atoms with van der Waals surface area (Å²) in [5, 5.41) is 7.55. The molecule has 25 heavy (non-hydrogen) atoms. The van der Waals surface area contributed by atoms with Gasteiger partial charge in [-0.1, -0.05) is 23.9 Å². The first-order valence-electron chi connectivity index (χ1n) is 7.81. The van der Waals surface area contributed by atoms with Gasteiger partial charge in [0, 0.05) is 22.0 Å². The number of anilines is 1. The van der Waals surface area contributed by atoms with Crippen LogP contribution in [0.5, 0.6) is 0 Å². The van der Waals surface area contributed by atoms with Gasteiger partial charge in [-0.05, 0) is 32.9 Å². The fourth-order valence-electron chi connectivity index (χ4n) is 2.65. The van der Waals surface area contributed by atoms with E-state index >= 15 is 0 Å². The van der Waals surface area contributed by atoms with E-state index < -0.39 is 11.7 Å². The van der Waals surface area contributed by atoms with Crippen LogP contribution in [-0.2, 0) is 17.0 Å². The Labute approximate surface area is 153 Å². The van der Waals surface area contributed by atoms with Crippen molar-refractivity contribution in [2.24, 2.45) is 0 Å². The van der Waals surface area contributed by atoms with E-state index in [2.05, 4.69) is 10.4 Å². The standard InChI is InChI=1S/C17H19F2N3OS2/c1-17(2,3)22-14(11-8-24-9-12(11)21-22)20-15(23)10-6-4-5-7-13(10)25-16(18)19/h4-7,16H,8-9H2,1-3H3,(H,20,23). The maximum Gasteiger partial charge on any atom is 0.288 e. The first-order valence-corrected chi connectivity index (χ1v) is 9.85. The Kier molecular flexibility index (Phi) is 5.11. The quantitative estimate of drug-likeness (QED) is 0.759. The fourth-order valence-corrected chi connectivity index (χ4v) is 4.33. The average Bonchev–Trinajstić information content (AvgIpc) is 3.09. The molecule has 0 unspecified atom stereocenters. The third kappa shape index (κ3) is 3.84. The summed E-state index contributed by atoms with van der Waals surface area (Å²) in [7, 11) is 0. The lowest BCUT2D eigenvalue weighted by molar-refractivity contribution is 0.102. The monoisotopic (exact) mass is 383 g/mol. The third-order valence-corrected chi connectivity index (χ3v) is 5.53. The van der Waals surface area contributed by atoms with Crippen LogP contribution in [0.15, 0.2) is 29.2 Å². The maximum absolute atomic E-state index is 12.8. The number of aromatic nitrogens is 2. The predicted molar refractivity (Wildman–Crippen MR) is 98.5 cm³/mol. The summed E-state index contributed by atoms with van der Waals surface area (Å²) in [5.74, 6) is -0.703. The molecule has 0 saturated heterocycles. The Morgan fingerprint density at radius 2 is 2.04 bits per heavy atom. The zero-order valence-electron chi connectivity index (χ0n) is 14.2. The van der Waals surface area contributed by atoms with E-state index in [0.29, 0.717) is 17.6 Å². The molecule has 4 nitrogen and oxygen atoms in total. The second kappa shape index (κ2) is 6.99. The zero-order chi connectivity index (χ0) is 18.2. The van der Waals surface area contributed by atoms with Crippen molar-refractivity contribution in [1.29, 1.82) is 0 Å². The van der Waals surface area contributed by atoms with E-state index in [1.165, 1.54) is 6.07 Å². The fraction of sp³-hybridized carbons (Fsp3) is 0.412. The van der Waals surface area contributed by atoms with Gasteiger partial charge in [0.25, 0.3) is 11.7 Å². The largest absolute Gasteiger partial charge is 0.306 e. The molecule has 0 radical (unpaired) electrons. The number of hydrogen-bond acceptors (Lipinski definition) is 4. The van der Waals surface area contributed by atoms with Crippen molar-refractivity contribution >= 4 is 35.2 Å². The van der Waals surface area contributed by atoms with Crippen molar-refractivity contribution in [3.8, 4) is 0 Å². The van der Waals surface area contributed by atoms with Crippen LogP contribution in [0.2, 0.25) is 0 Å². The van der Waals surface area contributed by atoms with Crippen molar-refractivity contribution in [3.63, 3.8) is 0 Å². The number of nitrogens with zero attached hydrogens (tertiary/aromatic N) is 2. The highest BCUT2D eigenvalue weighted by Crippen LogP contribution is 2.37. The highest BCUT2D eigenvalue weighted by atomic mass is 32.2. The molecule has 0 atom stereocenters. The van der Waals surface area contributed by atoms with E-state index in [1.54, 1.807) is 30.0 Å². The Morgan fingerprint density at radius 1 is 1.32 bits per heavy atom. The van der Waals surface area contributed by atoms with E-state index in [4.69, 9.17) is 0 Å². The second-order valence-electron chi connectivity index (χ2n) is 6.68. The molecule has 0 bridgehead atoms. The number of rotatable bonds is 4. The number of thioether (sulfide) groups is 2. The van der Waals surface area contributed by atoms with E-state index in [0.717, 1.165) is 22.8 Å². The van der Waals surface area contributed by atoms with Crippen LogP contribution in [0.1, 0.15) is 42.4 Å². The molecule has 1 N–H and O–H groups in total. The Bertz CT molecular complexity index is 800. The average molecular weight is 383 g/mol.